The zero-order chi connectivity index (χ0) is 11.8. The lowest BCUT2D eigenvalue weighted by molar-refractivity contribution is 0.309. The third-order valence-electron chi connectivity index (χ3n) is 3.63. The van der Waals surface area contributed by atoms with Gasteiger partial charge >= 0.3 is 0 Å². The molecule has 2 aromatic heterocycles. The summed E-state index contributed by atoms with van der Waals surface area (Å²) in [7, 11) is 2.19. The Balaban J connectivity index is 1.93. The molecule has 17 heavy (non-hydrogen) atoms. The Kier molecular flexibility index (Phi) is 2.48. The van der Waals surface area contributed by atoms with Gasteiger partial charge in [-0.15, -0.1) is 0 Å². The number of rotatable bonds is 2. The van der Waals surface area contributed by atoms with Gasteiger partial charge in [0, 0.05) is 17.8 Å². The van der Waals surface area contributed by atoms with Crippen LogP contribution < -0.4 is 5.73 Å². The molecule has 3 rings (SSSR count). The van der Waals surface area contributed by atoms with E-state index in [9.17, 15) is 0 Å². The van der Waals surface area contributed by atoms with Crippen molar-refractivity contribution < 1.29 is 0 Å². The molecule has 0 bridgehead atoms. The van der Waals surface area contributed by atoms with Crippen LogP contribution in [0.3, 0.4) is 0 Å². The fourth-order valence-corrected chi connectivity index (χ4v) is 2.59. The Morgan fingerprint density at radius 1 is 1.53 bits per heavy atom. The number of anilines is 1. The zero-order valence-corrected chi connectivity index (χ0v) is 10.0. The second-order valence-electron chi connectivity index (χ2n) is 4.76. The van der Waals surface area contributed by atoms with E-state index in [-0.39, 0.29) is 0 Å². The molecule has 0 amide bonds. The summed E-state index contributed by atoms with van der Waals surface area (Å²) in [5, 5.41) is 4.30. The highest BCUT2D eigenvalue weighted by Crippen LogP contribution is 2.21. The van der Waals surface area contributed by atoms with Crippen LogP contribution in [0.25, 0.3) is 5.65 Å². The highest BCUT2D eigenvalue weighted by atomic mass is 15.3. The Bertz CT molecular complexity index is 533. The predicted molar refractivity (Wildman–Crippen MR) is 66.8 cm³/mol. The summed E-state index contributed by atoms with van der Waals surface area (Å²) in [6, 6.07) is 2.39. The van der Waals surface area contributed by atoms with Crippen molar-refractivity contribution in [3.63, 3.8) is 0 Å². The topological polar surface area (TPSA) is 59.5 Å². The molecule has 0 aromatic carbocycles. The molecule has 5 heteroatoms. The normalized spacial score (nSPS) is 21.4. The van der Waals surface area contributed by atoms with Gasteiger partial charge in [-0.25, -0.2) is 4.98 Å². The van der Waals surface area contributed by atoms with E-state index in [0.717, 1.165) is 12.1 Å². The van der Waals surface area contributed by atoms with E-state index >= 15 is 0 Å². The highest BCUT2D eigenvalue weighted by molar-refractivity contribution is 5.51. The van der Waals surface area contributed by atoms with Gasteiger partial charge in [-0.3, -0.25) is 0 Å². The molecule has 1 fully saturated rings. The molecule has 0 saturated carbocycles. The quantitative estimate of drug-likeness (QED) is 0.836. The van der Waals surface area contributed by atoms with Gasteiger partial charge in [-0.2, -0.15) is 9.61 Å². The fraction of sp³-hybridized carbons (Fsp3) is 0.500. The standard InChI is InChI=1S/C12H17N5/c1-16-6-2-3-10(16)7-9-8-15-17-11(13)4-5-14-12(9)17/h4-5,8,10H,2-3,6-7,13H2,1H3. The van der Waals surface area contributed by atoms with E-state index in [0.29, 0.717) is 11.9 Å². The zero-order valence-electron chi connectivity index (χ0n) is 10.0. The third-order valence-corrected chi connectivity index (χ3v) is 3.63. The van der Waals surface area contributed by atoms with Crippen molar-refractivity contribution >= 4 is 11.5 Å². The Labute approximate surface area is 100 Å². The SMILES string of the molecule is CN1CCCC1Cc1cnn2c(N)ccnc12. The molecule has 2 aromatic rings. The molecule has 0 spiro atoms. The molecular formula is C12H17N5. The molecular weight excluding hydrogens is 214 g/mol. The van der Waals surface area contributed by atoms with Gasteiger partial charge in [0.1, 0.15) is 5.82 Å². The minimum absolute atomic E-state index is 0.617. The van der Waals surface area contributed by atoms with Gasteiger partial charge in [-0.05, 0) is 38.9 Å². The van der Waals surface area contributed by atoms with Crippen molar-refractivity contribution in [3.8, 4) is 0 Å². The number of hydrogen-bond donors (Lipinski definition) is 1. The van der Waals surface area contributed by atoms with E-state index in [2.05, 4.69) is 22.0 Å². The average Bonchev–Trinajstić information content (AvgIpc) is 2.89. The summed E-state index contributed by atoms with van der Waals surface area (Å²) in [5.41, 5.74) is 7.94. The first kappa shape index (κ1) is 10.5. The van der Waals surface area contributed by atoms with Crippen LogP contribution in [0.5, 0.6) is 0 Å². The first-order valence-corrected chi connectivity index (χ1v) is 6.03. The van der Waals surface area contributed by atoms with Gasteiger partial charge in [0.25, 0.3) is 0 Å². The largest absolute Gasteiger partial charge is 0.384 e. The Morgan fingerprint density at radius 2 is 2.41 bits per heavy atom. The number of nitrogens with two attached hydrogens (primary N) is 1. The molecule has 90 valence electrons. The maximum atomic E-state index is 5.86. The van der Waals surface area contributed by atoms with Crippen molar-refractivity contribution in [1.82, 2.24) is 19.5 Å². The first-order valence-electron chi connectivity index (χ1n) is 6.03. The van der Waals surface area contributed by atoms with E-state index in [1.54, 1.807) is 16.8 Å². The molecule has 0 aliphatic carbocycles. The van der Waals surface area contributed by atoms with Crippen LogP contribution in [0.2, 0.25) is 0 Å². The fourth-order valence-electron chi connectivity index (χ4n) is 2.59. The van der Waals surface area contributed by atoms with Gasteiger partial charge in [0.15, 0.2) is 5.65 Å². The minimum Gasteiger partial charge on any atom is -0.384 e. The lowest BCUT2D eigenvalue weighted by Gasteiger charge is -2.18. The molecule has 1 aliphatic rings. The Hall–Kier alpha value is -1.62. The van der Waals surface area contributed by atoms with Crippen molar-refractivity contribution in [1.29, 1.82) is 0 Å². The van der Waals surface area contributed by atoms with Gasteiger partial charge in [0.2, 0.25) is 0 Å². The van der Waals surface area contributed by atoms with Crippen LogP contribution in [0, 0.1) is 0 Å². The van der Waals surface area contributed by atoms with E-state index in [1.807, 2.05) is 6.20 Å². The third kappa shape index (κ3) is 1.76. The minimum atomic E-state index is 0.617. The summed E-state index contributed by atoms with van der Waals surface area (Å²) in [6.45, 7) is 1.19. The summed E-state index contributed by atoms with van der Waals surface area (Å²) < 4.78 is 1.71. The average molecular weight is 231 g/mol. The summed E-state index contributed by atoms with van der Waals surface area (Å²) in [6.07, 6.45) is 7.20. The number of likely N-dealkylation sites (tertiary alicyclic amines) is 1. The van der Waals surface area contributed by atoms with Crippen molar-refractivity contribution in [2.24, 2.45) is 0 Å². The monoisotopic (exact) mass is 231 g/mol. The molecule has 1 atom stereocenters. The van der Waals surface area contributed by atoms with Crippen LogP contribution in [0.4, 0.5) is 5.82 Å². The number of nitrogens with zero attached hydrogens (tertiary/aromatic N) is 4. The van der Waals surface area contributed by atoms with Crippen LogP contribution in [0.1, 0.15) is 18.4 Å². The lowest BCUT2D eigenvalue weighted by Crippen LogP contribution is -2.26. The van der Waals surface area contributed by atoms with Crippen molar-refractivity contribution in [3.05, 3.63) is 24.0 Å². The van der Waals surface area contributed by atoms with Gasteiger partial charge in [0.05, 0.1) is 6.20 Å². The predicted octanol–water partition coefficient (Wildman–Crippen LogP) is 0.948. The van der Waals surface area contributed by atoms with Crippen molar-refractivity contribution in [2.75, 3.05) is 19.3 Å². The van der Waals surface area contributed by atoms with Crippen LogP contribution in [-0.2, 0) is 6.42 Å². The summed E-state index contributed by atoms with van der Waals surface area (Å²) in [4.78, 5) is 6.78. The van der Waals surface area contributed by atoms with Crippen LogP contribution in [-0.4, -0.2) is 39.1 Å². The van der Waals surface area contributed by atoms with Crippen LogP contribution in [0.15, 0.2) is 18.5 Å². The number of aromatic nitrogens is 3. The number of likely N-dealkylation sites (N-methyl/N-ethyl adjacent to an activating group) is 1. The second kappa shape index (κ2) is 4.00. The van der Waals surface area contributed by atoms with Gasteiger partial charge < -0.3 is 10.6 Å². The number of nitrogen functional groups attached to an aromatic ring is 1. The summed E-state index contributed by atoms with van der Waals surface area (Å²) >= 11 is 0. The van der Waals surface area contributed by atoms with E-state index < -0.39 is 0 Å². The molecule has 1 aliphatic heterocycles. The maximum absolute atomic E-state index is 5.86. The second-order valence-corrected chi connectivity index (χ2v) is 4.76. The molecule has 2 N–H and O–H groups in total. The molecule has 1 unspecified atom stereocenters. The van der Waals surface area contributed by atoms with Crippen molar-refractivity contribution in [2.45, 2.75) is 25.3 Å². The van der Waals surface area contributed by atoms with Crippen LogP contribution >= 0.6 is 0 Å². The lowest BCUT2D eigenvalue weighted by atomic mass is 10.1. The van der Waals surface area contributed by atoms with Gasteiger partial charge in [-0.1, -0.05) is 0 Å². The van der Waals surface area contributed by atoms with E-state index in [4.69, 9.17) is 5.73 Å². The molecule has 1 saturated heterocycles. The van der Waals surface area contributed by atoms with E-state index in [1.165, 1.54) is 24.9 Å². The number of fused-ring (bicyclic) bond motifs is 1. The molecule has 0 radical (unpaired) electrons. The smallest absolute Gasteiger partial charge is 0.160 e. The first-order chi connectivity index (χ1) is 8.25. The highest BCUT2D eigenvalue weighted by Gasteiger charge is 2.22. The maximum Gasteiger partial charge on any atom is 0.160 e. The molecule has 3 heterocycles. The molecule has 5 nitrogen and oxygen atoms in total. The summed E-state index contributed by atoms with van der Waals surface area (Å²) in [5.74, 6) is 0.640. The Morgan fingerprint density at radius 3 is 3.18 bits per heavy atom. The number of hydrogen-bond acceptors (Lipinski definition) is 4.